The van der Waals surface area contributed by atoms with Gasteiger partial charge in [0.1, 0.15) is 17.0 Å². The van der Waals surface area contributed by atoms with E-state index in [2.05, 4.69) is 30.7 Å². The van der Waals surface area contributed by atoms with Gasteiger partial charge in [-0.25, -0.2) is 14.4 Å². The van der Waals surface area contributed by atoms with Crippen molar-refractivity contribution in [3.05, 3.63) is 71.3 Å². The molecule has 3 heterocycles. The molecule has 1 amide bonds. The molecule has 3 aromatic heterocycles. The topological polar surface area (TPSA) is 97.6 Å². The molecule has 2 N–H and O–H groups in total. The van der Waals surface area contributed by atoms with Crippen molar-refractivity contribution in [3.63, 3.8) is 0 Å². The molecule has 1 aromatic carbocycles. The zero-order chi connectivity index (χ0) is 25.2. The van der Waals surface area contributed by atoms with Crippen LogP contribution in [0.3, 0.4) is 0 Å². The normalized spacial score (nSPS) is 12.5. The van der Waals surface area contributed by atoms with Gasteiger partial charge in [0.15, 0.2) is 0 Å². The number of halogens is 1. The number of carbonyl (C=O) groups is 1. The van der Waals surface area contributed by atoms with Crippen LogP contribution in [-0.4, -0.2) is 30.6 Å². The van der Waals surface area contributed by atoms with Crippen molar-refractivity contribution >= 4 is 28.6 Å². The molecule has 0 aliphatic carbocycles. The molecule has 0 radical (unpaired) electrons. The van der Waals surface area contributed by atoms with Crippen molar-refractivity contribution in [2.24, 2.45) is 0 Å². The highest BCUT2D eigenvalue weighted by atomic mass is 19.1. The Balaban J connectivity index is 1.43. The van der Waals surface area contributed by atoms with Crippen LogP contribution >= 0.6 is 0 Å². The van der Waals surface area contributed by atoms with Crippen LogP contribution in [0.4, 0.5) is 15.9 Å². The van der Waals surface area contributed by atoms with E-state index in [9.17, 15) is 9.18 Å². The second kappa shape index (κ2) is 9.77. The van der Waals surface area contributed by atoms with Gasteiger partial charge >= 0.3 is 0 Å². The third kappa shape index (κ3) is 5.79. The summed E-state index contributed by atoms with van der Waals surface area (Å²) in [5.41, 5.74) is 3.74. The molecule has 0 spiro atoms. The fourth-order valence-corrected chi connectivity index (χ4v) is 3.81. The highest BCUT2D eigenvalue weighted by Crippen LogP contribution is 2.26. The Morgan fingerprint density at radius 3 is 2.66 bits per heavy atom. The maximum Gasteiger partial charge on any atom is 0.230 e. The number of benzene rings is 1. The van der Waals surface area contributed by atoms with Crippen LogP contribution in [-0.2, 0) is 23.4 Å². The average molecular weight is 476 g/mol. The molecule has 0 fully saturated rings. The van der Waals surface area contributed by atoms with Gasteiger partial charge in [-0.15, -0.1) is 0 Å². The molecular weight excluding hydrogens is 445 g/mol. The van der Waals surface area contributed by atoms with Crippen molar-refractivity contribution in [1.29, 1.82) is 0 Å². The van der Waals surface area contributed by atoms with Crippen LogP contribution in [0.2, 0.25) is 0 Å². The summed E-state index contributed by atoms with van der Waals surface area (Å²) in [4.78, 5) is 25.9. The van der Waals surface area contributed by atoms with Crippen LogP contribution < -0.4 is 10.6 Å². The molecule has 0 bridgehead atoms. The number of amides is 1. The lowest BCUT2D eigenvalue weighted by atomic mass is 10.0. The summed E-state index contributed by atoms with van der Waals surface area (Å²) >= 11 is 0. The van der Waals surface area contributed by atoms with E-state index in [0.29, 0.717) is 28.4 Å². The number of carbonyl (C=O) groups excluding carboxylic acids is 1. The number of alkyl halides is 1. The van der Waals surface area contributed by atoms with Gasteiger partial charge in [-0.1, -0.05) is 12.1 Å². The number of fused-ring (bicyclic) bond motifs is 1. The largest absolute Gasteiger partial charge is 0.362 e. The van der Waals surface area contributed by atoms with Gasteiger partial charge in [-0.3, -0.25) is 14.5 Å². The lowest BCUT2D eigenvalue weighted by Gasteiger charge is -2.18. The second-order valence-electron chi connectivity index (χ2n) is 9.12. The Morgan fingerprint density at radius 2 is 1.97 bits per heavy atom. The molecule has 35 heavy (non-hydrogen) atoms. The van der Waals surface area contributed by atoms with E-state index in [1.165, 1.54) is 20.0 Å². The zero-order valence-corrected chi connectivity index (χ0v) is 20.6. The Labute approximate surface area is 204 Å². The lowest BCUT2D eigenvalue weighted by Crippen LogP contribution is -2.17. The number of nitrogens with one attached hydrogen (secondary N) is 2. The third-order valence-corrected chi connectivity index (χ3v) is 5.85. The van der Waals surface area contributed by atoms with Crippen LogP contribution in [0.1, 0.15) is 56.1 Å². The first-order chi connectivity index (χ1) is 16.6. The summed E-state index contributed by atoms with van der Waals surface area (Å²) in [5.74, 6) is 0.439. The van der Waals surface area contributed by atoms with Crippen molar-refractivity contribution in [1.82, 2.24) is 24.7 Å². The Kier molecular flexibility index (Phi) is 6.77. The first kappa shape index (κ1) is 24.3. The molecule has 9 heteroatoms. The minimum Gasteiger partial charge on any atom is -0.362 e. The molecule has 4 aromatic rings. The van der Waals surface area contributed by atoms with Crippen molar-refractivity contribution in [2.75, 3.05) is 10.6 Å². The number of aryl methyl sites for hydroxylation is 2. The Morgan fingerprint density at radius 1 is 1.17 bits per heavy atom. The molecule has 0 aliphatic heterocycles. The van der Waals surface area contributed by atoms with Crippen molar-refractivity contribution in [2.45, 2.75) is 59.3 Å². The van der Waals surface area contributed by atoms with Gasteiger partial charge in [0.2, 0.25) is 11.6 Å². The highest BCUT2D eigenvalue weighted by molar-refractivity contribution is 5.92. The van der Waals surface area contributed by atoms with Gasteiger partial charge in [0.05, 0.1) is 24.9 Å². The van der Waals surface area contributed by atoms with E-state index in [0.717, 1.165) is 23.2 Å². The van der Waals surface area contributed by atoms with Crippen LogP contribution in [0.5, 0.6) is 0 Å². The fourth-order valence-electron chi connectivity index (χ4n) is 3.81. The standard InChI is InChI=1S/C26H30FN7O/c1-6-34-15-22-25(33-34)32-23(14-29-22)30-17(3)21-11-20(9-7-16(21)2)31-24(35)12-19-10-8-18(13-28-19)26(4,5)27/h7-11,13-15,17H,6,12H2,1-5H3,(H,31,35)(H,30,32,33)/t17-/m0/s1. The van der Waals surface area contributed by atoms with Gasteiger partial charge < -0.3 is 10.6 Å². The van der Waals surface area contributed by atoms with Gasteiger partial charge in [-0.05, 0) is 63.9 Å². The molecule has 1 atom stereocenters. The molecule has 182 valence electrons. The van der Waals surface area contributed by atoms with E-state index >= 15 is 0 Å². The summed E-state index contributed by atoms with van der Waals surface area (Å²) < 4.78 is 15.8. The number of rotatable bonds is 8. The van der Waals surface area contributed by atoms with Crippen LogP contribution in [0.25, 0.3) is 11.2 Å². The van der Waals surface area contributed by atoms with Crippen LogP contribution in [0, 0.1) is 6.92 Å². The fraction of sp³-hybridized carbons (Fsp3) is 0.346. The van der Waals surface area contributed by atoms with E-state index in [1.54, 1.807) is 23.0 Å². The average Bonchev–Trinajstić information content (AvgIpc) is 3.22. The smallest absolute Gasteiger partial charge is 0.230 e. The predicted octanol–water partition coefficient (Wildman–Crippen LogP) is 5.11. The second-order valence-corrected chi connectivity index (χ2v) is 9.12. The summed E-state index contributed by atoms with van der Waals surface area (Å²) in [6.45, 7) is 9.78. The minimum absolute atomic E-state index is 0.0786. The Bertz CT molecular complexity index is 1340. The number of anilines is 2. The number of aromatic nitrogens is 5. The Hall–Kier alpha value is -3.88. The van der Waals surface area contributed by atoms with Gasteiger partial charge in [0, 0.05) is 29.7 Å². The van der Waals surface area contributed by atoms with E-state index in [1.807, 2.05) is 45.2 Å². The van der Waals surface area contributed by atoms with Gasteiger partial charge in [0.25, 0.3) is 0 Å². The zero-order valence-electron chi connectivity index (χ0n) is 20.6. The quantitative estimate of drug-likeness (QED) is 0.368. The molecule has 0 aliphatic rings. The van der Waals surface area contributed by atoms with E-state index in [-0.39, 0.29) is 18.4 Å². The monoisotopic (exact) mass is 475 g/mol. The van der Waals surface area contributed by atoms with Crippen molar-refractivity contribution < 1.29 is 9.18 Å². The summed E-state index contributed by atoms with van der Waals surface area (Å²) in [6.07, 6.45) is 5.15. The first-order valence-electron chi connectivity index (χ1n) is 11.6. The predicted molar refractivity (Wildman–Crippen MR) is 135 cm³/mol. The maximum atomic E-state index is 14.0. The molecule has 0 unspecified atom stereocenters. The van der Waals surface area contributed by atoms with E-state index in [4.69, 9.17) is 0 Å². The molecule has 0 saturated heterocycles. The van der Waals surface area contributed by atoms with Crippen molar-refractivity contribution in [3.8, 4) is 0 Å². The number of nitrogens with zero attached hydrogens (tertiary/aromatic N) is 5. The number of hydrogen-bond acceptors (Lipinski definition) is 6. The lowest BCUT2D eigenvalue weighted by molar-refractivity contribution is -0.115. The third-order valence-electron chi connectivity index (χ3n) is 5.85. The summed E-state index contributed by atoms with van der Waals surface area (Å²) in [7, 11) is 0. The molecule has 8 nitrogen and oxygen atoms in total. The number of pyridine rings is 1. The maximum absolute atomic E-state index is 14.0. The molecule has 4 rings (SSSR count). The highest BCUT2D eigenvalue weighted by Gasteiger charge is 2.19. The first-order valence-corrected chi connectivity index (χ1v) is 11.6. The molecular formula is C26H30FN7O. The SMILES string of the molecule is CCn1cc2ncc(N[C@@H](C)c3cc(NC(=O)Cc4ccc(C(C)(C)F)cn4)ccc3C)nc2n1. The number of hydrogen-bond donors (Lipinski definition) is 2. The summed E-state index contributed by atoms with van der Waals surface area (Å²) in [6, 6.07) is 9.06. The summed E-state index contributed by atoms with van der Waals surface area (Å²) in [5, 5.41) is 10.7. The van der Waals surface area contributed by atoms with Crippen LogP contribution in [0.15, 0.2) is 48.9 Å². The van der Waals surface area contributed by atoms with Gasteiger partial charge in [-0.2, -0.15) is 5.10 Å². The molecule has 0 saturated carbocycles. The van der Waals surface area contributed by atoms with E-state index < -0.39 is 5.67 Å². The minimum atomic E-state index is -1.47.